The molecule has 2 aromatic carbocycles. The zero-order valence-corrected chi connectivity index (χ0v) is 15.0. The third-order valence-corrected chi connectivity index (χ3v) is 3.85. The van der Waals surface area contributed by atoms with E-state index in [0.717, 1.165) is 11.4 Å². The quantitative estimate of drug-likeness (QED) is 0.799. The van der Waals surface area contributed by atoms with E-state index in [9.17, 15) is 0 Å². The van der Waals surface area contributed by atoms with Gasteiger partial charge in [0.25, 0.3) is 0 Å². The van der Waals surface area contributed by atoms with E-state index >= 15 is 0 Å². The zero-order chi connectivity index (χ0) is 16.8. The van der Waals surface area contributed by atoms with Gasteiger partial charge in [0.15, 0.2) is 5.11 Å². The van der Waals surface area contributed by atoms with Crippen molar-refractivity contribution in [3.8, 4) is 5.75 Å². The molecule has 1 atom stereocenters. The molecular weight excluding hydrogens is 304 g/mol. The van der Waals surface area contributed by atoms with Gasteiger partial charge in [0.2, 0.25) is 0 Å². The van der Waals surface area contributed by atoms with E-state index in [4.69, 9.17) is 17.0 Å². The highest BCUT2D eigenvalue weighted by molar-refractivity contribution is 7.80. The minimum atomic E-state index is 0.112. The second kappa shape index (κ2) is 7.97. The number of nitrogens with one attached hydrogen (secondary N) is 2. The smallest absolute Gasteiger partial charge is 0.171 e. The van der Waals surface area contributed by atoms with E-state index in [1.54, 1.807) is 0 Å². The lowest BCUT2D eigenvalue weighted by molar-refractivity contribution is 0.287. The summed E-state index contributed by atoms with van der Waals surface area (Å²) in [5, 5.41) is 7.04. The van der Waals surface area contributed by atoms with Gasteiger partial charge in [0, 0.05) is 5.69 Å². The molecule has 0 amide bonds. The van der Waals surface area contributed by atoms with Gasteiger partial charge in [0.05, 0.1) is 6.04 Å². The summed E-state index contributed by atoms with van der Waals surface area (Å²) >= 11 is 5.35. The van der Waals surface area contributed by atoms with E-state index in [0.29, 0.717) is 11.7 Å². The molecule has 0 radical (unpaired) electrons. The first-order valence-corrected chi connectivity index (χ1v) is 8.19. The van der Waals surface area contributed by atoms with E-state index in [1.807, 2.05) is 25.1 Å². The Morgan fingerprint density at radius 1 is 1.09 bits per heavy atom. The third kappa shape index (κ3) is 5.57. The molecule has 0 aliphatic rings. The van der Waals surface area contributed by atoms with E-state index in [2.05, 4.69) is 55.7 Å². The van der Waals surface area contributed by atoms with Gasteiger partial charge in [-0.3, -0.25) is 0 Å². The van der Waals surface area contributed by atoms with Gasteiger partial charge < -0.3 is 15.4 Å². The van der Waals surface area contributed by atoms with Crippen molar-refractivity contribution in [2.45, 2.75) is 33.7 Å². The van der Waals surface area contributed by atoms with Crippen molar-refractivity contribution in [3.05, 3.63) is 59.2 Å². The molecule has 2 rings (SSSR count). The van der Waals surface area contributed by atoms with Crippen molar-refractivity contribution < 1.29 is 4.74 Å². The predicted octanol–water partition coefficient (Wildman–Crippen LogP) is 4.37. The second-order valence-electron chi connectivity index (χ2n) is 5.93. The molecule has 2 N–H and O–H groups in total. The summed E-state index contributed by atoms with van der Waals surface area (Å²) in [4.78, 5) is 0. The molecule has 4 heteroatoms. The zero-order valence-electron chi connectivity index (χ0n) is 14.1. The predicted molar refractivity (Wildman–Crippen MR) is 101 cm³/mol. The van der Waals surface area contributed by atoms with E-state index in [-0.39, 0.29) is 6.04 Å². The lowest BCUT2D eigenvalue weighted by Gasteiger charge is -2.18. The van der Waals surface area contributed by atoms with Gasteiger partial charge in [-0.25, -0.2) is 0 Å². The molecule has 23 heavy (non-hydrogen) atoms. The van der Waals surface area contributed by atoms with Crippen LogP contribution in [0.4, 0.5) is 5.69 Å². The molecule has 0 saturated heterocycles. The first kappa shape index (κ1) is 17.3. The maximum absolute atomic E-state index is 5.82. The monoisotopic (exact) mass is 328 g/mol. The van der Waals surface area contributed by atoms with Gasteiger partial charge in [-0.1, -0.05) is 18.2 Å². The van der Waals surface area contributed by atoms with Gasteiger partial charge in [-0.15, -0.1) is 0 Å². The number of anilines is 1. The summed E-state index contributed by atoms with van der Waals surface area (Å²) in [6.45, 7) is 8.84. The fraction of sp³-hybridized carbons (Fsp3) is 0.316. The molecule has 3 nitrogen and oxygen atoms in total. The normalized spacial score (nSPS) is 11.7. The molecule has 0 unspecified atom stereocenters. The fourth-order valence-electron chi connectivity index (χ4n) is 2.18. The third-order valence-electron chi connectivity index (χ3n) is 3.63. The number of benzene rings is 2. The maximum Gasteiger partial charge on any atom is 0.171 e. The number of rotatable bonds is 5. The fourth-order valence-corrected chi connectivity index (χ4v) is 2.50. The highest BCUT2D eigenvalue weighted by Gasteiger charge is 2.06. The number of aryl methyl sites for hydroxylation is 3. The molecule has 0 spiro atoms. The van der Waals surface area contributed by atoms with E-state index in [1.165, 1.54) is 16.7 Å². The summed E-state index contributed by atoms with van der Waals surface area (Å²) in [5.74, 6) is 0.888. The number of ether oxygens (including phenoxy) is 1. The highest BCUT2D eigenvalue weighted by atomic mass is 32.1. The molecule has 0 saturated carbocycles. The number of hydrogen-bond acceptors (Lipinski definition) is 2. The molecule has 2 aromatic rings. The molecule has 0 bridgehead atoms. The van der Waals surface area contributed by atoms with Crippen molar-refractivity contribution >= 4 is 23.0 Å². The van der Waals surface area contributed by atoms with Crippen molar-refractivity contribution in [3.63, 3.8) is 0 Å². The van der Waals surface area contributed by atoms with Crippen LogP contribution in [-0.4, -0.2) is 17.8 Å². The lowest BCUT2D eigenvalue weighted by atomic mass is 10.1. The molecule has 122 valence electrons. The van der Waals surface area contributed by atoms with E-state index < -0.39 is 0 Å². The van der Waals surface area contributed by atoms with Crippen LogP contribution < -0.4 is 15.4 Å². The first-order valence-electron chi connectivity index (χ1n) is 7.78. The van der Waals surface area contributed by atoms with Crippen molar-refractivity contribution in [1.29, 1.82) is 0 Å². The van der Waals surface area contributed by atoms with Crippen LogP contribution in [0.1, 0.15) is 23.6 Å². The molecule has 0 aromatic heterocycles. The Morgan fingerprint density at radius 2 is 1.87 bits per heavy atom. The van der Waals surface area contributed by atoms with Gasteiger partial charge in [-0.05, 0) is 80.9 Å². The van der Waals surface area contributed by atoms with Crippen LogP contribution in [0.2, 0.25) is 0 Å². The van der Waals surface area contributed by atoms with Crippen molar-refractivity contribution in [2.24, 2.45) is 0 Å². The topological polar surface area (TPSA) is 33.3 Å². The summed E-state index contributed by atoms with van der Waals surface area (Å²) in [6, 6.07) is 14.4. The SMILES string of the molecule is Cc1cccc(NC(=S)N[C@@H](C)COc2ccc(C)c(C)c2)c1. The van der Waals surface area contributed by atoms with Crippen LogP contribution in [0, 0.1) is 20.8 Å². The molecule has 0 fully saturated rings. The van der Waals surface area contributed by atoms with Gasteiger partial charge >= 0.3 is 0 Å². The number of hydrogen-bond donors (Lipinski definition) is 2. The Balaban J connectivity index is 1.80. The van der Waals surface area contributed by atoms with Crippen LogP contribution in [0.25, 0.3) is 0 Å². The van der Waals surface area contributed by atoms with Crippen LogP contribution in [0.5, 0.6) is 5.75 Å². The van der Waals surface area contributed by atoms with Crippen molar-refractivity contribution in [2.75, 3.05) is 11.9 Å². The average Bonchev–Trinajstić information content (AvgIpc) is 2.48. The Labute approximate surface area is 144 Å². The minimum absolute atomic E-state index is 0.112. The maximum atomic E-state index is 5.82. The summed E-state index contributed by atoms with van der Waals surface area (Å²) in [5.41, 5.74) is 4.69. The summed E-state index contributed by atoms with van der Waals surface area (Å²) < 4.78 is 5.82. The summed E-state index contributed by atoms with van der Waals surface area (Å²) in [6.07, 6.45) is 0. The Kier molecular flexibility index (Phi) is 5.99. The standard InChI is InChI=1S/C19H24N2OS/c1-13-6-5-7-17(10-13)21-19(23)20-16(4)12-22-18-9-8-14(2)15(3)11-18/h5-11,16H,12H2,1-4H3,(H2,20,21,23)/t16-/m0/s1. The molecular formula is C19H24N2OS. The molecule has 0 heterocycles. The lowest BCUT2D eigenvalue weighted by Crippen LogP contribution is -2.39. The van der Waals surface area contributed by atoms with Crippen LogP contribution in [0.15, 0.2) is 42.5 Å². The van der Waals surface area contributed by atoms with Gasteiger partial charge in [-0.2, -0.15) is 0 Å². The minimum Gasteiger partial charge on any atom is -0.491 e. The van der Waals surface area contributed by atoms with Crippen molar-refractivity contribution in [1.82, 2.24) is 5.32 Å². The Morgan fingerprint density at radius 3 is 2.57 bits per heavy atom. The molecule has 0 aliphatic heterocycles. The van der Waals surface area contributed by atoms with Crippen LogP contribution in [-0.2, 0) is 0 Å². The van der Waals surface area contributed by atoms with Gasteiger partial charge in [0.1, 0.15) is 12.4 Å². The summed E-state index contributed by atoms with van der Waals surface area (Å²) in [7, 11) is 0. The Bertz CT molecular complexity index is 685. The largest absolute Gasteiger partial charge is 0.491 e. The molecule has 0 aliphatic carbocycles. The first-order chi connectivity index (χ1) is 10.9. The average molecular weight is 328 g/mol. The highest BCUT2D eigenvalue weighted by Crippen LogP contribution is 2.16. The van der Waals surface area contributed by atoms with Crippen LogP contribution in [0.3, 0.4) is 0 Å². The Hall–Kier alpha value is -2.07. The number of thiocarbonyl (C=S) groups is 1. The van der Waals surface area contributed by atoms with Crippen LogP contribution >= 0.6 is 12.2 Å². The second-order valence-corrected chi connectivity index (χ2v) is 6.33.